The number of halogens is 3. The van der Waals surface area contributed by atoms with Crippen molar-refractivity contribution in [2.75, 3.05) is 5.32 Å². The van der Waals surface area contributed by atoms with Gasteiger partial charge in [-0.3, -0.25) is 4.79 Å². The minimum Gasteiger partial charge on any atom is -0.318 e. The van der Waals surface area contributed by atoms with Gasteiger partial charge in [0.25, 0.3) is 5.91 Å². The summed E-state index contributed by atoms with van der Waals surface area (Å²) in [5, 5.41) is 4.38. The molecule has 0 bridgehead atoms. The Labute approximate surface area is 139 Å². The summed E-state index contributed by atoms with van der Waals surface area (Å²) >= 11 is 4.66. The van der Waals surface area contributed by atoms with Crippen LogP contribution >= 0.6 is 27.3 Å². The molecule has 0 saturated heterocycles. The fraction of sp³-hybridized carbons (Fsp3) is 0.312. The van der Waals surface area contributed by atoms with Gasteiger partial charge in [-0.2, -0.15) is 0 Å². The monoisotopic (exact) mass is 385 g/mol. The fourth-order valence-electron chi connectivity index (χ4n) is 2.71. The number of nitrogens with one attached hydrogen (secondary N) is 1. The summed E-state index contributed by atoms with van der Waals surface area (Å²) in [5.41, 5.74) is 1.64. The third kappa shape index (κ3) is 2.94. The molecule has 0 spiro atoms. The second-order valence-electron chi connectivity index (χ2n) is 5.60. The maximum Gasteiger partial charge on any atom is 0.256 e. The largest absolute Gasteiger partial charge is 0.318 e. The van der Waals surface area contributed by atoms with Crippen LogP contribution in [-0.4, -0.2) is 5.91 Å². The first-order valence-electron chi connectivity index (χ1n) is 7.01. The average Bonchev–Trinajstić information content (AvgIpc) is 2.85. The second-order valence-corrected chi connectivity index (χ2v) is 7.42. The highest BCUT2D eigenvalue weighted by Crippen LogP contribution is 2.34. The lowest BCUT2D eigenvalue weighted by Crippen LogP contribution is -2.17. The van der Waals surface area contributed by atoms with Crippen LogP contribution in [0.15, 0.2) is 22.0 Å². The molecule has 1 aromatic carbocycles. The summed E-state index contributed by atoms with van der Waals surface area (Å²) in [6.07, 6.45) is 2.91. The summed E-state index contributed by atoms with van der Waals surface area (Å²) < 4.78 is 27.1. The number of anilines is 1. The van der Waals surface area contributed by atoms with Crippen LogP contribution in [0.4, 0.5) is 14.5 Å². The molecule has 6 heteroatoms. The number of benzene rings is 1. The van der Waals surface area contributed by atoms with Gasteiger partial charge in [-0.1, -0.05) is 6.92 Å². The summed E-state index contributed by atoms with van der Waals surface area (Å²) in [5.74, 6) is -1.20. The molecule has 3 rings (SSSR count). The van der Waals surface area contributed by atoms with Gasteiger partial charge in [-0.05, 0) is 52.7 Å². The first-order valence-corrected chi connectivity index (χ1v) is 8.68. The summed E-state index contributed by atoms with van der Waals surface area (Å²) in [6, 6.07) is 1.88. The Bertz CT molecular complexity index is 721. The smallest absolute Gasteiger partial charge is 0.256 e. The van der Waals surface area contributed by atoms with E-state index in [1.807, 2.05) is 5.38 Å². The fourth-order valence-corrected chi connectivity index (χ4v) is 4.46. The van der Waals surface area contributed by atoms with Crippen molar-refractivity contribution >= 4 is 38.9 Å². The Balaban J connectivity index is 1.87. The number of rotatable bonds is 2. The topological polar surface area (TPSA) is 29.1 Å². The number of hydrogen-bond acceptors (Lipinski definition) is 2. The van der Waals surface area contributed by atoms with Gasteiger partial charge in [-0.15, -0.1) is 11.3 Å². The van der Waals surface area contributed by atoms with Crippen molar-refractivity contribution in [1.82, 2.24) is 0 Å². The molecule has 1 N–H and O–H groups in total. The average molecular weight is 386 g/mol. The molecule has 0 radical (unpaired) electrons. The van der Waals surface area contributed by atoms with Crippen molar-refractivity contribution in [1.29, 1.82) is 0 Å². The van der Waals surface area contributed by atoms with Crippen molar-refractivity contribution in [2.45, 2.75) is 26.2 Å². The lowest BCUT2D eigenvalue weighted by molar-refractivity contribution is 0.102. The van der Waals surface area contributed by atoms with Gasteiger partial charge in [0.2, 0.25) is 0 Å². The van der Waals surface area contributed by atoms with Crippen molar-refractivity contribution < 1.29 is 13.6 Å². The molecule has 0 unspecified atom stereocenters. The molecule has 0 fully saturated rings. The molecular weight excluding hydrogens is 372 g/mol. The third-order valence-electron chi connectivity index (χ3n) is 3.89. The second kappa shape index (κ2) is 6.08. The van der Waals surface area contributed by atoms with E-state index in [1.165, 1.54) is 4.88 Å². The van der Waals surface area contributed by atoms with Crippen LogP contribution in [0.5, 0.6) is 0 Å². The van der Waals surface area contributed by atoms with E-state index in [1.54, 1.807) is 11.3 Å². The molecule has 1 aliphatic rings. The van der Waals surface area contributed by atoms with E-state index in [-0.39, 0.29) is 16.1 Å². The van der Waals surface area contributed by atoms with Crippen LogP contribution in [0.25, 0.3) is 0 Å². The van der Waals surface area contributed by atoms with Crippen LogP contribution < -0.4 is 5.32 Å². The highest BCUT2D eigenvalue weighted by Gasteiger charge is 2.24. The zero-order valence-electron chi connectivity index (χ0n) is 11.9. The molecule has 1 amide bonds. The van der Waals surface area contributed by atoms with Gasteiger partial charge in [0.05, 0.1) is 11.3 Å². The van der Waals surface area contributed by atoms with Gasteiger partial charge in [0.15, 0.2) is 5.82 Å². The molecular formula is C16H14BrF2NOS. The molecule has 1 atom stereocenters. The lowest BCUT2D eigenvalue weighted by Gasteiger charge is -2.19. The highest BCUT2D eigenvalue weighted by atomic mass is 79.9. The van der Waals surface area contributed by atoms with E-state index in [4.69, 9.17) is 0 Å². The van der Waals surface area contributed by atoms with Crippen LogP contribution in [-0.2, 0) is 12.8 Å². The van der Waals surface area contributed by atoms with E-state index in [0.717, 1.165) is 37.0 Å². The van der Waals surface area contributed by atoms with Crippen LogP contribution in [0.2, 0.25) is 0 Å². The maximum absolute atomic E-state index is 13.8. The molecule has 1 aliphatic carbocycles. The van der Waals surface area contributed by atoms with Crippen LogP contribution in [0, 0.1) is 17.6 Å². The Hall–Kier alpha value is -1.27. The van der Waals surface area contributed by atoms with Crippen molar-refractivity contribution in [2.24, 2.45) is 5.92 Å². The maximum atomic E-state index is 13.8. The number of carbonyl (C=O) groups is 1. The Morgan fingerprint density at radius 3 is 2.91 bits per heavy atom. The normalized spacial score (nSPS) is 17.2. The molecule has 116 valence electrons. The van der Waals surface area contributed by atoms with Gasteiger partial charge in [0.1, 0.15) is 5.82 Å². The standard InChI is InChI=1S/C16H14BrF2NOS/c1-8-2-3-10-11(7-22-14(10)4-8)16(21)20-15-12(17)5-9(18)6-13(15)19/h5-8H,2-4H2,1H3,(H,20,21)/t8-/m0/s1. The van der Waals surface area contributed by atoms with E-state index >= 15 is 0 Å². The molecule has 2 aromatic rings. The quantitative estimate of drug-likeness (QED) is 0.759. The van der Waals surface area contributed by atoms with Crippen molar-refractivity contribution in [3.63, 3.8) is 0 Å². The first-order chi connectivity index (χ1) is 10.5. The summed E-state index contributed by atoms with van der Waals surface area (Å²) in [6.45, 7) is 2.20. The van der Waals surface area contributed by atoms with E-state index in [2.05, 4.69) is 28.2 Å². The zero-order chi connectivity index (χ0) is 15.9. The van der Waals surface area contributed by atoms with E-state index < -0.39 is 11.6 Å². The van der Waals surface area contributed by atoms with Crippen LogP contribution in [0.1, 0.15) is 34.1 Å². The lowest BCUT2D eigenvalue weighted by atomic mass is 9.88. The Morgan fingerprint density at radius 2 is 2.18 bits per heavy atom. The van der Waals surface area contributed by atoms with Gasteiger partial charge >= 0.3 is 0 Å². The number of hydrogen-bond donors (Lipinski definition) is 1. The van der Waals surface area contributed by atoms with Crippen molar-refractivity contribution in [3.8, 4) is 0 Å². The number of carbonyl (C=O) groups excluding carboxylic acids is 1. The molecule has 0 aliphatic heterocycles. The molecule has 22 heavy (non-hydrogen) atoms. The first kappa shape index (κ1) is 15.6. The third-order valence-corrected chi connectivity index (χ3v) is 5.57. The van der Waals surface area contributed by atoms with E-state index in [9.17, 15) is 13.6 Å². The van der Waals surface area contributed by atoms with Crippen molar-refractivity contribution in [3.05, 3.63) is 49.6 Å². The Kier molecular flexibility index (Phi) is 4.32. The minimum absolute atomic E-state index is 0.0319. The number of fused-ring (bicyclic) bond motifs is 1. The summed E-state index contributed by atoms with van der Waals surface area (Å²) in [4.78, 5) is 13.7. The zero-order valence-corrected chi connectivity index (χ0v) is 14.3. The van der Waals surface area contributed by atoms with E-state index in [0.29, 0.717) is 11.5 Å². The predicted molar refractivity (Wildman–Crippen MR) is 87.5 cm³/mol. The number of thiophene rings is 1. The van der Waals surface area contributed by atoms with Gasteiger partial charge in [0, 0.05) is 20.8 Å². The van der Waals surface area contributed by atoms with Crippen LogP contribution in [0.3, 0.4) is 0 Å². The van der Waals surface area contributed by atoms with Gasteiger partial charge in [-0.25, -0.2) is 8.78 Å². The highest BCUT2D eigenvalue weighted by molar-refractivity contribution is 9.10. The minimum atomic E-state index is -0.794. The predicted octanol–water partition coefficient (Wildman–Crippen LogP) is 5.17. The number of amides is 1. The Morgan fingerprint density at radius 1 is 1.41 bits per heavy atom. The van der Waals surface area contributed by atoms with Gasteiger partial charge < -0.3 is 5.32 Å². The summed E-state index contributed by atoms with van der Waals surface area (Å²) in [7, 11) is 0. The molecule has 2 nitrogen and oxygen atoms in total. The molecule has 1 heterocycles. The molecule has 1 aromatic heterocycles. The SMILES string of the molecule is C[C@H]1CCc2c(C(=O)Nc3c(F)cc(F)cc3Br)csc2C1. The molecule has 0 saturated carbocycles.